The molecule has 1 unspecified atom stereocenters. The molecule has 3 aromatic rings. The molecule has 6 nitrogen and oxygen atoms in total. The SMILES string of the molecule is COc1cc2c(c3nc(C)oc13)CC1C(Nc3cccc(F)c3)=NN=C21. The monoisotopic (exact) mass is 350 g/mol. The van der Waals surface area contributed by atoms with Gasteiger partial charge in [-0.25, -0.2) is 9.37 Å². The van der Waals surface area contributed by atoms with Gasteiger partial charge in [0.15, 0.2) is 17.2 Å². The van der Waals surface area contributed by atoms with Crippen LogP contribution in [0.5, 0.6) is 5.75 Å². The second-order valence-electron chi connectivity index (χ2n) is 6.38. The van der Waals surface area contributed by atoms with Gasteiger partial charge in [-0.1, -0.05) is 6.07 Å². The van der Waals surface area contributed by atoms with E-state index in [4.69, 9.17) is 9.15 Å². The average molecular weight is 350 g/mol. The van der Waals surface area contributed by atoms with Crippen LogP contribution in [-0.4, -0.2) is 23.6 Å². The fourth-order valence-electron chi connectivity index (χ4n) is 3.64. The number of ether oxygens (including phenoxy) is 1. The summed E-state index contributed by atoms with van der Waals surface area (Å²) in [6.07, 6.45) is 0.710. The zero-order chi connectivity index (χ0) is 17.8. The van der Waals surface area contributed by atoms with E-state index in [1.165, 1.54) is 12.1 Å². The van der Waals surface area contributed by atoms with E-state index in [1.54, 1.807) is 19.2 Å². The van der Waals surface area contributed by atoms with Gasteiger partial charge in [-0.05, 0) is 36.2 Å². The van der Waals surface area contributed by atoms with Crippen molar-refractivity contribution in [2.75, 3.05) is 12.4 Å². The third-order valence-electron chi connectivity index (χ3n) is 4.77. The van der Waals surface area contributed by atoms with Crippen LogP contribution < -0.4 is 10.1 Å². The molecule has 0 fully saturated rings. The first-order valence-corrected chi connectivity index (χ1v) is 8.29. The number of oxazole rings is 1. The molecule has 2 aliphatic rings. The summed E-state index contributed by atoms with van der Waals surface area (Å²) in [5, 5.41) is 11.8. The highest BCUT2D eigenvalue weighted by Gasteiger charge is 2.39. The predicted octanol–water partition coefficient (Wildman–Crippen LogP) is 3.68. The maximum absolute atomic E-state index is 13.4. The van der Waals surface area contributed by atoms with E-state index in [-0.39, 0.29) is 11.7 Å². The van der Waals surface area contributed by atoms with Crippen LogP contribution in [0.15, 0.2) is 45.0 Å². The number of nitrogens with one attached hydrogen (secondary N) is 1. The van der Waals surface area contributed by atoms with Crippen molar-refractivity contribution in [2.45, 2.75) is 13.3 Å². The van der Waals surface area contributed by atoms with Crippen molar-refractivity contribution in [3.63, 3.8) is 0 Å². The van der Waals surface area contributed by atoms with Crippen molar-refractivity contribution in [3.05, 3.63) is 53.2 Å². The number of methoxy groups -OCH3 is 1. The van der Waals surface area contributed by atoms with Gasteiger partial charge in [0, 0.05) is 18.2 Å². The standard InChI is InChI=1S/C19H15FN4O2/c1-9-21-17-12-7-14-16(13(12)8-15(25-2)18(17)26-9)23-24-19(14)22-11-5-3-4-10(20)6-11/h3-6,8,14H,7H2,1-2H3,(H,22,24). The first-order chi connectivity index (χ1) is 12.6. The molecule has 0 bridgehead atoms. The van der Waals surface area contributed by atoms with Gasteiger partial charge in [0.1, 0.15) is 17.2 Å². The largest absolute Gasteiger partial charge is 0.493 e. The Morgan fingerprint density at radius 1 is 1.27 bits per heavy atom. The molecule has 2 aromatic carbocycles. The van der Waals surface area contributed by atoms with E-state index >= 15 is 0 Å². The summed E-state index contributed by atoms with van der Waals surface area (Å²) in [7, 11) is 1.61. The summed E-state index contributed by atoms with van der Waals surface area (Å²) >= 11 is 0. The first-order valence-electron chi connectivity index (χ1n) is 8.29. The van der Waals surface area contributed by atoms with E-state index in [0.29, 0.717) is 35.2 Å². The molecule has 0 spiro atoms. The molecular weight excluding hydrogens is 335 g/mol. The Morgan fingerprint density at radius 2 is 2.15 bits per heavy atom. The van der Waals surface area contributed by atoms with Gasteiger partial charge in [-0.3, -0.25) is 0 Å². The lowest BCUT2D eigenvalue weighted by molar-refractivity contribution is 0.408. The summed E-state index contributed by atoms with van der Waals surface area (Å²) in [6.45, 7) is 1.82. The van der Waals surface area contributed by atoms with Gasteiger partial charge in [-0.2, -0.15) is 5.10 Å². The number of fused-ring (bicyclic) bond motifs is 5. The number of hydrogen-bond acceptors (Lipinski definition) is 6. The Labute approximate surface area is 148 Å². The second kappa shape index (κ2) is 5.39. The minimum Gasteiger partial charge on any atom is -0.493 e. The minimum atomic E-state index is -0.297. The van der Waals surface area contributed by atoms with Crippen LogP contribution in [0.25, 0.3) is 11.1 Å². The van der Waals surface area contributed by atoms with Crippen LogP contribution in [0.1, 0.15) is 17.0 Å². The lowest BCUT2D eigenvalue weighted by atomic mass is 10.0. The van der Waals surface area contributed by atoms with E-state index < -0.39 is 0 Å². The minimum absolute atomic E-state index is 0.0134. The molecule has 0 amide bonds. The first kappa shape index (κ1) is 15.1. The Bertz CT molecular complexity index is 1120. The fourth-order valence-corrected chi connectivity index (χ4v) is 3.64. The molecule has 1 aliphatic carbocycles. The predicted molar refractivity (Wildman–Crippen MR) is 96.5 cm³/mol. The quantitative estimate of drug-likeness (QED) is 0.765. The van der Waals surface area contributed by atoms with Gasteiger partial charge in [-0.15, -0.1) is 5.10 Å². The normalized spacial score (nSPS) is 17.7. The second-order valence-corrected chi connectivity index (χ2v) is 6.38. The average Bonchev–Trinajstić information content (AvgIpc) is 3.28. The highest BCUT2D eigenvalue weighted by Crippen LogP contribution is 2.40. The van der Waals surface area contributed by atoms with Crippen molar-refractivity contribution in [1.29, 1.82) is 0 Å². The van der Waals surface area contributed by atoms with Crippen LogP contribution in [0, 0.1) is 18.7 Å². The van der Waals surface area contributed by atoms with Gasteiger partial charge >= 0.3 is 0 Å². The molecule has 1 aliphatic heterocycles. The molecule has 130 valence electrons. The zero-order valence-electron chi connectivity index (χ0n) is 14.2. The number of rotatable bonds is 2. The Hall–Kier alpha value is -3.22. The third-order valence-corrected chi connectivity index (χ3v) is 4.77. The Balaban J connectivity index is 1.53. The number of nitrogens with zero attached hydrogens (tertiary/aromatic N) is 3. The highest BCUT2D eigenvalue weighted by molar-refractivity contribution is 6.24. The van der Waals surface area contributed by atoms with Crippen LogP contribution >= 0.6 is 0 Å². The summed E-state index contributed by atoms with van der Waals surface area (Å²) in [5.74, 6) is 1.62. The molecule has 1 aromatic heterocycles. The molecule has 0 radical (unpaired) electrons. The van der Waals surface area contributed by atoms with Crippen molar-refractivity contribution in [3.8, 4) is 5.75 Å². The maximum atomic E-state index is 13.4. The van der Waals surface area contributed by atoms with Crippen molar-refractivity contribution < 1.29 is 13.5 Å². The zero-order valence-corrected chi connectivity index (χ0v) is 14.2. The van der Waals surface area contributed by atoms with Gasteiger partial charge < -0.3 is 14.5 Å². The van der Waals surface area contributed by atoms with E-state index in [1.807, 2.05) is 13.0 Å². The van der Waals surface area contributed by atoms with E-state index in [9.17, 15) is 4.39 Å². The Morgan fingerprint density at radius 3 is 2.96 bits per heavy atom. The number of halogens is 1. The highest BCUT2D eigenvalue weighted by atomic mass is 19.1. The number of aryl methyl sites for hydroxylation is 1. The van der Waals surface area contributed by atoms with Crippen molar-refractivity contribution in [2.24, 2.45) is 16.1 Å². The number of hydrogen-bond donors (Lipinski definition) is 1. The fraction of sp³-hybridized carbons (Fsp3) is 0.211. The van der Waals surface area contributed by atoms with Crippen molar-refractivity contribution >= 4 is 28.3 Å². The van der Waals surface area contributed by atoms with E-state index in [0.717, 1.165) is 22.4 Å². The molecule has 1 atom stereocenters. The molecule has 7 heteroatoms. The summed E-state index contributed by atoms with van der Waals surface area (Å²) in [4.78, 5) is 4.53. The van der Waals surface area contributed by atoms with Crippen molar-refractivity contribution in [1.82, 2.24) is 4.98 Å². The number of anilines is 1. The van der Waals surface area contributed by atoms with Gasteiger partial charge in [0.2, 0.25) is 0 Å². The Kier molecular flexibility index (Phi) is 3.12. The molecule has 0 saturated carbocycles. The molecule has 26 heavy (non-hydrogen) atoms. The van der Waals surface area contributed by atoms with E-state index in [2.05, 4.69) is 20.5 Å². The third kappa shape index (κ3) is 2.13. The lowest BCUT2D eigenvalue weighted by Crippen LogP contribution is -2.24. The van der Waals surface area contributed by atoms with Crippen LogP contribution in [-0.2, 0) is 6.42 Å². The maximum Gasteiger partial charge on any atom is 0.196 e. The number of amidine groups is 1. The topological polar surface area (TPSA) is 72.0 Å². The molecule has 1 N–H and O–H groups in total. The summed E-state index contributed by atoms with van der Waals surface area (Å²) in [6, 6.07) is 8.23. The lowest BCUT2D eigenvalue weighted by Gasteiger charge is -2.10. The summed E-state index contributed by atoms with van der Waals surface area (Å²) < 4.78 is 24.6. The van der Waals surface area contributed by atoms with Gasteiger partial charge in [0.25, 0.3) is 0 Å². The van der Waals surface area contributed by atoms with Gasteiger partial charge in [0.05, 0.1) is 18.7 Å². The molecule has 0 saturated heterocycles. The molecule has 2 heterocycles. The smallest absolute Gasteiger partial charge is 0.196 e. The number of benzene rings is 2. The molecule has 5 rings (SSSR count). The number of aromatic nitrogens is 1. The van der Waals surface area contributed by atoms with Crippen LogP contribution in [0.3, 0.4) is 0 Å². The molecular formula is C19H15FN4O2. The summed E-state index contributed by atoms with van der Waals surface area (Å²) in [5.41, 5.74) is 5.04. The van der Waals surface area contributed by atoms with Crippen LogP contribution in [0.4, 0.5) is 10.1 Å². The van der Waals surface area contributed by atoms with Crippen LogP contribution in [0.2, 0.25) is 0 Å².